The Kier molecular flexibility index (Phi) is 3.57. The summed E-state index contributed by atoms with van der Waals surface area (Å²) in [4.78, 5) is 16.8. The zero-order valence-electron chi connectivity index (χ0n) is 11.4. The van der Waals surface area contributed by atoms with Crippen LogP contribution in [0, 0.1) is 11.8 Å². The van der Waals surface area contributed by atoms with Crippen molar-refractivity contribution in [1.82, 2.24) is 15.1 Å². The Hall–Kier alpha value is -0.610. The summed E-state index contributed by atoms with van der Waals surface area (Å²) in [5.41, 5.74) is 0. The van der Waals surface area contributed by atoms with Gasteiger partial charge in [0.1, 0.15) is 0 Å². The molecule has 0 radical (unpaired) electrons. The SMILES string of the molecule is CC1C2CNCC2CN1CC(=O)N1CCCCC1. The highest BCUT2D eigenvalue weighted by Crippen LogP contribution is 2.32. The fourth-order valence-corrected chi connectivity index (χ4v) is 3.88. The Labute approximate surface area is 110 Å². The second-order valence-electron chi connectivity index (χ2n) is 6.19. The van der Waals surface area contributed by atoms with Gasteiger partial charge in [0.25, 0.3) is 0 Å². The Bertz CT molecular complexity index is 314. The van der Waals surface area contributed by atoms with Crippen molar-refractivity contribution in [2.75, 3.05) is 39.3 Å². The number of hydrogen-bond acceptors (Lipinski definition) is 3. The largest absolute Gasteiger partial charge is 0.342 e. The molecule has 3 aliphatic rings. The minimum Gasteiger partial charge on any atom is -0.342 e. The Morgan fingerprint density at radius 3 is 2.72 bits per heavy atom. The van der Waals surface area contributed by atoms with Crippen molar-refractivity contribution in [3.63, 3.8) is 0 Å². The first-order valence-corrected chi connectivity index (χ1v) is 7.48. The number of rotatable bonds is 2. The van der Waals surface area contributed by atoms with Crippen LogP contribution in [0.2, 0.25) is 0 Å². The molecule has 1 N–H and O–H groups in total. The standard InChI is InChI=1S/C14H25N3O/c1-11-13-8-15-7-12(13)9-17(11)10-14(18)16-5-3-2-4-6-16/h11-13,15H,2-10H2,1H3. The third kappa shape index (κ3) is 2.28. The molecule has 102 valence electrons. The van der Waals surface area contributed by atoms with E-state index in [2.05, 4.69) is 22.0 Å². The van der Waals surface area contributed by atoms with Crippen molar-refractivity contribution in [1.29, 1.82) is 0 Å². The predicted molar refractivity (Wildman–Crippen MR) is 71.3 cm³/mol. The maximum Gasteiger partial charge on any atom is 0.236 e. The molecule has 0 aliphatic carbocycles. The topological polar surface area (TPSA) is 35.6 Å². The summed E-state index contributed by atoms with van der Waals surface area (Å²) < 4.78 is 0. The average Bonchev–Trinajstić information content (AvgIpc) is 2.95. The fourth-order valence-electron chi connectivity index (χ4n) is 3.88. The van der Waals surface area contributed by atoms with E-state index in [0.29, 0.717) is 18.5 Å². The van der Waals surface area contributed by atoms with Crippen molar-refractivity contribution < 1.29 is 4.79 Å². The number of likely N-dealkylation sites (tertiary alicyclic amines) is 2. The molecule has 1 amide bonds. The smallest absolute Gasteiger partial charge is 0.236 e. The molecule has 0 bridgehead atoms. The van der Waals surface area contributed by atoms with Gasteiger partial charge in [0.2, 0.25) is 5.91 Å². The van der Waals surface area contributed by atoms with E-state index in [0.717, 1.165) is 44.6 Å². The van der Waals surface area contributed by atoms with Gasteiger partial charge in [0, 0.05) is 25.7 Å². The third-order valence-corrected chi connectivity index (χ3v) is 5.10. The second-order valence-corrected chi connectivity index (χ2v) is 6.19. The van der Waals surface area contributed by atoms with Crippen molar-refractivity contribution >= 4 is 5.91 Å². The van der Waals surface area contributed by atoms with Crippen molar-refractivity contribution in [2.45, 2.75) is 32.2 Å². The normalized spacial score (nSPS) is 36.9. The van der Waals surface area contributed by atoms with Crippen LogP contribution in [0.15, 0.2) is 0 Å². The highest BCUT2D eigenvalue weighted by Gasteiger charge is 2.42. The molecule has 3 unspecified atom stereocenters. The summed E-state index contributed by atoms with van der Waals surface area (Å²) in [5.74, 6) is 1.89. The number of piperidine rings is 1. The molecule has 4 heteroatoms. The lowest BCUT2D eigenvalue weighted by Gasteiger charge is -2.30. The monoisotopic (exact) mass is 251 g/mol. The van der Waals surface area contributed by atoms with Crippen LogP contribution in [-0.2, 0) is 4.79 Å². The van der Waals surface area contributed by atoms with Crippen LogP contribution in [0.5, 0.6) is 0 Å². The van der Waals surface area contributed by atoms with E-state index in [-0.39, 0.29) is 0 Å². The maximum atomic E-state index is 12.3. The van der Waals surface area contributed by atoms with Gasteiger partial charge < -0.3 is 10.2 Å². The molecule has 0 aromatic rings. The molecule has 4 nitrogen and oxygen atoms in total. The van der Waals surface area contributed by atoms with Crippen LogP contribution in [0.4, 0.5) is 0 Å². The van der Waals surface area contributed by atoms with Crippen molar-refractivity contribution in [2.24, 2.45) is 11.8 Å². The summed E-state index contributed by atoms with van der Waals surface area (Å²) in [6.45, 7) is 8.29. The molecule has 3 aliphatic heterocycles. The molecular weight excluding hydrogens is 226 g/mol. The summed E-state index contributed by atoms with van der Waals surface area (Å²) in [5, 5.41) is 3.47. The highest BCUT2D eigenvalue weighted by atomic mass is 16.2. The molecule has 3 atom stereocenters. The van der Waals surface area contributed by atoms with Gasteiger partial charge in [-0.05, 0) is 51.1 Å². The first kappa shape index (κ1) is 12.4. The van der Waals surface area contributed by atoms with E-state index in [9.17, 15) is 4.79 Å². The summed E-state index contributed by atoms with van der Waals surface area (Å²) in [6, 6.07) is 0.568. The number of amides is 1. The molecular formula is C14H25N3O. The number of hydrogen-bond donors (Lipinski definition) is 1. The van der Waals surface area contributed by atoms with Gasteiger partial charge in [0.05, 0.1) is 6.54 Å². The summed E-state index contributed by atoms with van der Waals surface area (Å²) >= 11 is 0. The van der Waals surface area contributed by atoms with Gasteiger partial charge in [-0.3, -0.25) is 9.69 Å². The Morgan fingerprint density at radius 2 is 2.00 bits per heavy atom. The second kappa shape index (κ2) is 5.17. The van der Waals surface area contributed by atoms with Gasteiger partial charge in [-0.15, -0.1) is 0 Å². The number of carbonyl (C=O) groups excluding carboxylic acids is 1. The van der Waals surface area contributed by atoms with Crippen molar-refractivity contribution in [3.05, 3.63) is 0 Å². The molecule has 0 aromatic carbocycles. The molecule has 3 saturated heterocycles. The quantitative estimate of drug-likeness (QED) is 0.778. The maximum absolute atomic E-state index is 12.3. The first-order valence-electron chi connectivity index (χ1n) is 7.48. The van der Waals surface area contributed by atoms with E-state index in [1.165, 1.54) is 19.3 Å². The highest BCUT2D eigenvalue weighted by molar-refractivity contribution is 5.78. The molecule has 3 rings (SSSR count). The Balaban J connectivity index is 1.55. The lowest BCUT2D eigenvalue weighted by Crippen LogP contribution is -2.44. The van der Waals surface area contributed by atoms with Crippen LogP contribution in [-0.4, -0.2) is 61.0 Å². The van der Waals surface area contributed by atoms with Crippen LogP contribution in [0.25, 0.3) is 0 Å². The molecule has 3 heterocycles. The zero-order valence-corrected chi connectivity index (χ0v) is 11.4. The van der Waals surface area contributed by atoms with Gasteiger partial charge in [-0.2, -0.15) is 0 Å². The van der Waals surface area contributed by atoms with Gasteiger partial charge in [-0.1, -0.05) is 0 Å². The minimum atomic E-state index is 0.356. The summed E-state index contributed by atoms with van der Waals surface area (Å²) in [6.07, 6.45) is 3.67. The van der Waals surface area contributed by atoms with Crippen LogP contribution >= 0.6 is 0 Å². The molecule has 0 aromatic heterocycles. The van der Waals surface area contributed by atoms with Crippen LogP contribution in [0.1, 0.15) is 26.2 Å². The van der Waals surface area contributed by atoms with E-state index in [4.69, 9.17) is 0 Å². The molecule has 0 saturated carbocycles. The number of carbonyl (C=O) groups is 1. The predicted octanol–water partition coefficient (Wildman–Crippen LogP) is 0.539. The lowest BCUT2D eigenvalue weighted by atomic mass is 9.95. The minimum absolute atomic E-state index is 0.356. The van der Waals surface area contributed by atoms with E-state index < -0.39 is 0 Å². The van der Waals surface area contributed by atoms with Crippen LogP contribution in [0.3, 0.4) is 0 Å². The van der Waals surface area contributed by atoms with E-state index in [1.54, 1.807) is 0 Å². The van der Waals surface area contributed by atoms with Crippen molar-refractivity contribution in [3.8, 4) is 0 Å². The summed E-state index contributed by atoms with van der Waals surface area (Å²) in [7, 11) is 0. The van der Waals surface area contributed by atoms with Gasteiger partial charge in [0.15, 0.2) is 0 Å². The zero-order chi connectivity index (χ0) is 12.5. The molecule has 0 spiro atoms. The Morgan fingerprint density at radius 1 is 1.22 bits per heavy atom. The fraction of sp³-hybridized carbons (Fsp3) is 0.929. The van der Waals surface area contributed by atoms with Gasteiger partial charge >= 0.3 is 0 Å². The average molecular weight is 251 g/mol. The van der Waals surface area contributed by atoms with Crippen LogP contribution < -0.4 is 5.32 Å². The van der Waals surface area contributed by atoms with E-state index >= 15 is 0 Å². The first-order chi connectivity index (χ1) is 8.75. The molecule has 18 heavy (non-hydrogen) atoms. The number of nitrogens with one attached hydrogen (secondary N) is 1. The number of fused-ring (bicyclic) bond motifs is 1. The number of nitrogens with zero attached hydrogens (tertiary/aromatic N) is 2. The third-order valence-electron chi connectivity index (χ3n) is 5.10. The molecule has 3 fully saturated rings. The van der Waals surface area contributed by atoms with E-state index in [1.807, 2.05) is 0 Å². The van der Waals surface area contributed by atoms with Gasteiger partial charge in [-0.25, -0.2) is 0 Å². The lowest BCUT2D eigenvalue weighted by molar-refractivity contribution is -0.133.